The highest BCUT2D eigenvalue weighted by molar-refractivity contribution is 5.94. The van der Waals surface area contributed by atoms with Crippen molar-refractivity contribution in [3.63, 3.8) is 0 Å². The standard InChI is InChI=1S/C20H21NO3/c1-15-18(21-20(22)17-10-6-3-7-11-17)14-23-19(24-15)13-12-16-8-4-2-5-9-16/h2-13,15,18-19H,14H2,1H3,(H,21,22)/b13-12+/t15-,18-,19+/m1/s1. The van der Waals surface area contributed by atoms with Crippen molar-refractivity contribution in [3.8, 4) is 0 Å². The van der Waals surface area contributed by atoms with Crippen molar-refractivity contribution in [3.05, 3.63) is 77.9 Å². The van der Waals surface area contributed by atoms with Crippen LogP contribution in [0.1, 0.15) is 22.8 Å². The second-order valence-corrected chi connectivity index (χ2v) is 5.76. The Balaban J connectivity index is 1.54. The summed E-state index contributed by atoms with van der Waals surface area (Å²) in [7, 11) is 0. The predicted molar refractivity (Wildman–Crippen MR) is 93.5 cm³/mol. The Morgan fingerprint density at radius 1 is 1.08 bits per heavy atom. The zero-order chi connectivity index (χ0) is 16.8. The molecule has 3 atom stereocenters. The summed E-state index contributed by atoms with van der Waals surface area (Å²) in [6, 6.07) is 19.0. The van der Waals surface area contributed by atoms with Crippen molar-refractivity contribution in [1.29, 1.82) is 0 Å². The lowest BCUT2D eigenvalue weighted by Gasteiger charge is -2.34. The Bertz CT molecular complexity index is 685. The molecule has 1 amide bonds. The van der Waals surface area contributed by atoms with Crippen LogP contribution in [0.15, 0.2) is 66.7 Å². The van der Waals surface area contributed by atoms with Gasteiger partial charge < -0.3 is 14.8 Å². The Labute approximate surface area is 142 Å². The van der Waals surface area contributed by atoms with Gasteiger partial charge in [-0.15, -0.1) is 0 Å². The zero-order valence-corrected chi connectivity index (χ0v) is 13.6. The van der Waals surface area contributed by atoms with Gasteiger partial charge in [-0.05, 0) is 30.7 Å². The van der Waals surface area contributed by atoms with Crippen molar-refractivity contribution < 1.29 is 14.3 Å². The molecule has 1 fully saturated rings. The van der Waals surface area contributed by atoms with E-state index in [1.807, 2.05) is 67.6 Å². The predicted octanol–water partition coefficient (Wildman–Crippen LogP) is 3.26. The fraction of sp³-hybridized carbons (Fsp3) is 0.250. The van der Waals surface area contributed by atoms with Gasteiger partial charge >= 0.3 is 0 Å². The molecule has 0 unspecified atom stereocenters. The molecule has 2 aromatic rings. The van der Waals surface area contributed by atoms with E-state index in [9.17, 15) is 4.79 Å². The first kappa shape index (κ1) is 16.4. The van der Waals surface area contributed by atoms with E-state index in [0.717, 1.165) is 5.56 Å². The Hall–Kier alpha value is -2.43. The number of benzene rings is 2. The van der Waals surface area contributed by atoms with Crippen LogP contribution in [-0.2, 0) is 9.47 Å². The molecule has 4 nitrogen and oxygen atoms in total. The SMILES string of the molecule is C[C@H]1O[C@@H](/C=C/c2ccccc2)OC[C@H]1NC(=O)c1ccccc1. The van der Waals surface area contributed by atoms with Crippen LogP contribution < -0.4 is 5.32 Å². The fourth-order valence-corrected chi connectivity index (χ4v) is 2.53. The van der Waals surface area contributed by atoms with E-state index in [4.69, 9.17) is 9.47 Å². The highest BCUT2D eigenvalue weighted by Crippen LogP contribution is 2.16. The maximum Gasteiger partial charge on any atom is 0.251 e. The molecule has 1 saturated heterocycles. The third kappa shape index (κ3) is 4.31. The topological polar surface area (TPSA) is 47.6 Å². The molecule has 0 spiro atoms. The van der Waals surface area contributed by atoms with Gasteiger partial charge in [-0.3, -0.25) is 4.79 Å². The monoisotopic (exact) mass is 323 g/mol. The van der Waals surface area contributed by atoms with Gasteiger partial charge in [0.2, 0.25) is 0 Å². The van der Waals surface area contributed by atoms with Gasteiger partial charge in [0.05, 0.1) is 18.8 Å². The van der Waals surface area contributed by atoms with Gasteiger partial charge in [0, 0.05) is 5.56 Å². The minimum Gasteiger partial charge on any atom is -0.347 e. The molecule has 2 aromatic carbocycles. The number of hydrogen-bond acceptors (Lipinski definition) is 3. The number of carbonyl (C=O) groups is 1. The van der Waals surface area contributed by atoms with Gasteiger partial charge in [0.25, 0.3) is 5.91 Å². The van der Waals surface area contributed by atoms with Crippen LogP contribution >= 0.6 is 0 Å². The largest absolute Gasteiger partial charge is 0.347 e. The second-order valence-electron chi connectivity index (χ2n) is 5.76. The number of rotatable bonds is 4. The Kier molecular flexibility index (Phi) is 5.41. The fourth-order valence-electron chi connectivity index (χ4n) is 2.53. The first-order valence-corrected chi connectivity index (χ1v) is 8.08. The molecule has 124 valence electrons. The van der Waals surface area contributed by atoms with Gasteiger partial charge in [-0.1, -0.05) is 54.6 Å². The highest BCUT2D eigenvalue weighted by Gasteiger charge is 2.29. The average Bonchev–Trinajstić information content (AvgIpc) is 2.63. The van der Waals surface area contributed by atoms with Crippen molar-refractivity contribution in [2.75, 3.05) is 6.61 Å². The van der Waals surface area contributed by atoms with Gasteiger partial charge in [-0.2, -0.15) is 0 Å². The van der Waals surface area contributed by atoms with E-state index in [2.05, 4.69) is 5.32 Å². The number of ether oxygens (including phenoxy) is 2. The first-order valence-electron chi connectivity index (χ1n) is 8.08. The molecule has 4 heteroatoms. The molecule has 0 saturated carbocycles. The second kappa shape index (κ2) is 7.90. The van der Waals surface area contributed by atoms with Gasteiger partial charge in [0.1, 0.15) is 0 Å². The lowest BCUT2D eigenvalue weighted by Crippen LogP contribution is -2.51. The lowest BCUT2D eigenvalue weighted by molar-refractivity contribution is -0.192. The number of carbonyl (C=O) groups excluding carboxylic acids is 1. The average molecular weight is 323 g/mol. The summed E-state index contributed by atoms with van der Waals surface area (Å²) in [4.78, 5) is 12.2. The molecule has 1 N–H and O–H groups in total. The van der Waals surface area contributed by atoms with E-state index in [-0.39, 0.29) is 18.1 Å². The lowest BCUT2D eigenvalue weighted by atomic mass is 10.1. The van der Waals surface area contributed by atoms with Crippen molar-refractivity contribution in [2.24, 2.45) is 0 Å². The summed E-state index contributed by atoms with van der Waals surface area (Å²) in [5, 5.41) is 2.97. The third-order valence-corrected chi connectivity index (χ3v) is 3.95. The molecule has 0 aliphatic carbocycles. The maximum atomic E-state index is 12.2. The first-order chi connectivity index (χ1) is 11.7. The molecule has 0 bridgehead atoms. The van der Waals surface area contributed by atoms with Crippen molar-refractivity contribution in [1.82, 2.24) is 5.32 Å². The van der Waals surface area contributed by atoms with Gasteiger partial charge in [0.15, 0.2) is 6.29 Å². The summed E-state index contributed by atoms with van der Waals surface area (Å²) < 4.78 is 11.5. The summed E-state index contributed by atoms with van der Waals surface area (Å²) in [5.41, 5.74) is 1.73. The molecule has 3 rings (SSSR count). The van der Waals surface area contributed by atoms with Crippen LogP contribution in [0, 0.1) is 0 Å². The molecule has 0 radical (unpaired) electrons. The number of amides is 1. The normalized spacial score (nSPS) is 24.0. The van der Waals surface area contributed by atoms with Crippen LogP contribution in [0.3, 0.4) is 0 Å². The molecule has 1 aliphatic rings. The molecule has 1 aliphatic heterocycles. The minimum atomic E-state index is -0.398. The van der Waals surface area contributed by atoms with Gasteiger partial charge in [-0.25, -0.2) is 0 Å². The van der Waals surface area contributed by atoms with Crippen molar-refractivity contribution in [2.45, 2.75) is 25.4 Å². The van der Waals surface area contributed by atoms with Crippen LogP contribution in [0.2, 0.25) is 0 Å². The molecule has 1 heterocycles. The molecule has 24 heavy (non-hydrogen) atoms. The van der Waals surface area contributed by atoms with E-state index in [0.29, 0.717) is 12.2 Å². The Morgan fingerprint density at radius 2 is 1.75 bits per heavy atom. The smallest absolute Gasteiger partial charge is 0.251 e. The quantitative estimate of drug-likeness (QED) is 0.939. The summed E-state index contributed by atoms with van der Waals surface area (Å²) in [6.07, 6.45) is 3.34. The number of nitrogens with one attached hydrogen (secondary N) is 1. The zero-order valence-electron chi connectivity index (χ0n) is 13.6. The molecular weight excluding hydrogens is 302 g/mol. The van der Waals surface area contributed by atoms with E-state index >= 15 is 0 Å². The number of hydrogen-bond donors (Lipinski definition) is 1. The third-order valence-electron chi connectivity index (χ3n) is 3.95. The Morgan fingerprint density at radius 3 is 2.42 bits per heavy atom. The molecule has 0 aromatic heterocycles. The summed E-state index contributed by atoms with van der Waals surface area (Å²) >= 11 is 0. The van der Waals surface area contributed by atoms with Crippen molar-refractivity contribution >= 4 is 12.0 Å². The van der Waals surface area contributed by atoms with Crippen LogP contribution in [-0.4, -0.2) is 30.9 Å². The van der Waals surface area contributed by atoms with E-state index in [1.54, 1.807) is 12.1 Å². The van der Waals surface area contributed by atoms with Crippen LogP contribution in [0.4, 0.5) is 0 Å². The summed E-state index contributed by atoms with van der Waals surface area (Å²) in [6.45, 7) is 2.37. The van der Waals surface area contributed by atoms with E-state index < -0.39 is 6.29 Å². The minimum absolute atomic E-state index is 0.113. The molecular formula is C20H21NO3. The van der Waals surface area contributed by atoms with Crippen LogP contribution in [0.25, 0.3) is 6.08 Å². The maximum absolute atomic E-state index is 12.2. The highest BCUT2D eigenvalue weighted by atomic mass is 16.7. The summed E-state index contributed by atoms with van der Waals surface area (Å²) in [5.74, 6) is -0.113. The van der Waals surface area contributed by atoms with E-state index in [1.165, 1.54) is 0 Å². The van der Waals surface area contributed by atoms with Crippen LogP contribution in [0.5, 0.6) is 0 Å².